The summed E-state index contributed by atoms with van der Waals surface area (Å²) < 4.78 is 27.3. The van der Waals surface area contributed by atoms with Crippen LogP contribution >= 0.6 is 0 Å². The van der Waals surface area contributed by atoms with Gasteiger partial charge in [0.25, 0.3) is 10.2 Å². The van der Waals surface area contributed by atoms with Gasteiger partial charge in [-0.3, -0.25) is 0 Å². The zero-order valence-electron chi connectivity index (χ0n) is 10.2. The van der Waals surface area contributed by atoms with E-state index in [2.05, 4.69) is 4.72 Å². The molecular formula is C11H18N2O3S. The second-order valence-corrected chi connectivity index (χ2v) is 5.92. The quantitative estimate of drug-likeness (QED) is 0.830. The second-order valence-electron chi connectivity index (χ2n) is 4.10. The summed E-state index contributed by atoms with van der Waals surface area (Å²) in [4.78, 5) is 0. The monoisotopic (exact) mass is 258 g/mol. The van der Waals surface area contributed by atoms with Gasteiger partial charge >= 0.3 is 0 Å². The first kappa shape index (κ1) is 14.0. The molecule has 0 atom stereocenters. The molecule has 0 bridgehead atoms. The zero-order chi connectivity index (χ0) is 13.1. The standard InChI is InChI=1S/C11H18N2O3S/c1-9(2)13(3)17(15,16)12-8-10-4-6-11(14)7-5-10/h4-7,9,12,14H,8H2,1-3H3. The Hall–Kier alpha value is -1.11. The lowest BCUT2D eigenvalue weighted by atomic mass is 10.2. The number of nitrogens with zero attached hydrogens (tertiary/aromatic N) is 1. The van der Waals surface area contributed by atoms with E-state index in [1.54, 1.807) is 26.0 Å². The lowest BCUT2D eigenvalue weighted by Gasteiger charge is -2.21. The fourth-order valence-electron chi connectivity index (χ4n) is 1.17. The van der Waals surface area contributed by atoms with E-state index in [1.165, 1.54) is 23.5 Å². The Kier molecular flexibility index (Phi) is 4.50. The van der Waals surface area contributed by atoms with Gasteiger partial charge in [0, 0.05) is 19.6 Å². The molecule has 0 unspecified atom stereocenters. The van der Waals surface area contributed by atoms with Crippen molar-refractivity contribution in [3.05, 3.63) is 29.8 Å². The van der Waals surface area contributed by atoms with Crippen molar-refractivity contribution in [1.29, 1.82) is 0 Å². The Bertz CT molecular complexity index is 454. The van der Waals surface area contributed by atoms with Gasteiger partial charge in [-0.15, -0.1) is 0 Å². The average molecular weight is 258 g/mol. The smallest absolute Gasteiger partial charge is 0.279 e. The molecule has 0 aliphatic carbocycles. The molecule has 1 aromatic carbocycles. The van der Waals surface area contributed by atoms with Crippen molar-refractivity contribution in [2.45, 2.75) is 26.4 Å². The number of phenols is 1. The Labute approximate surface area is 102 Å². The Morgan fingerprint density at radius 3 is 2.29 bits per heavy atom. The maximum absolute atomic E-state index is 11.8. The van der Waals surface area contributed by atoms with Gasteiger partial charge in [-0.05, 0) is 31.5 Å². The van der Waals surface area contributed by atoms with E-state index < -0.39 is 10.2 Å². The number of hydrogen-bond acceptors (Lipinski definition) is 3. The molecule has 1 aromatic rings. The third-order valence-electron chi connectivity index (χ3n) is 2.50. The van der Waals surface area contributed by atoms with Crippen LogP contribution in [-0.2, 0) is 16.8 Å². The van der Waals surface area contributed by atoms with Gasteiger partial charge < -0.3 is 5.11 Å². The van der Waals surface area contributed by atoms with Crippen molar-refractivity contribution in [2.24, 2.45) is 0 Å². The summed E-state index contributed by atoms with van der Waals surface area (Å²) in [5.74, 6) is 0.163. The first-order chi connectivity index (χ1) is 7.83. The summed E-state index contributed by atoms with van der Waals surface area (Å²) in [5.41, 5.74) is 0.795. The topological polar surface area (TPSA) is 69.6 Å². The molecule has 0 amide bonds. The molecule has 96 valence electrons. The van der Waals surface area contributed by atoms with Gasteiger partial charge in [0.05, 0.1) is 0 Å². The normalized spacial score (nSPS) is 12.3. The summed E-state index contributed by atoms with van der Waals surface area (Å²) in [6.45, 7) is 3.82. The van der Waals surface area contributed by atoms with Crippen molar-refractivity contribution in [2.75, 3.05) is 7.05 Å². The molecular weight excluding hydrogens is 240 g/mol. The molecule has 0 aliphatic rings. The highest BCUT2D eigenvalue weighted by Gasteiger charge is 2.19. The molecule has 6 heteroatoms. The fraction of sp³-hybridized carbons (Fsp3) is 0.455. The number of nitrogens with one attached hydrogen (secondary N) is 1. The van der Waals surface area contributed by atoms with Gasteiger partial charge in [0.2, 0.25) is 0 Å². The Morgan fingerprint density at radius 2 is 1.82 bits per heavy atom. The molecule has 0 aliphatic heterocycles. The summed E-state index contributed by atoms with van der Waals surface area (Å²) in [6, 6.07) is 6.30. The molecule has 0 heterocycles. The minimum absolute atomic E-state index is 0.0904. The van der Waals surface area contributed by atoms with Crippen LogP contribution in [0.25, 0.3) is 0 Å². The molecule has 5 nitrogen and oxygen atoms in total. The van der Waals surface area contributed by atoms with Crippen molar-refractivity contribution in [1.82, 2.24) is 9.03 Å². The van der Waals surface area contributed by atoms with E-state index in [4.69, 9.17) is 5.11 Å². The maximum atomic E-state index is 11.8. The third kappa shape index (κ3) is 3.99. The number of phenolic OH excluding ortho intramolecular Hbond substituents is 1. The maximum Gasteiger partial charge on any atom is 0.279 e. The van der Waals surface area contributed by atoms with Gasteiger partial charge in [-0.1, -0.05) is 12.1 Å². The van der Waals surface area contributed by atoms with Crippen molar-refractivity contribution < 1.29 is 13.5 Å². The summed E-state index contributed by atoms with van der Waals surface area (Å²) in [6.07, 6.45) is 0. The summed E-state index contributed by atoms with van der Waals surface area (Å²) >= 11 is 0. The van der Waals surface area contributed by atoms with E-state index in [9.17, 15) is 8.42 Å². The average Bonchev–Trinajstić information content (AvgIpc) is 2.27. The summed E-state index contributed by atoms with van der Waals surface area (Å²) in [7, 11) is -1.92. The van der Waals surface area contributed by atoms with Crippen LogP contribution in [0.15, 0.2) is 24.3 Å². The highest BCUT2D eigenvalue weighted by Crippen LogP contribution is 2.10. The largest absolute Gasteiger partial charge is 0.508 e. The van der Waals surface area contributed by atoms with E-state index >= 15 is 0 Å². The SMILES string of the molecule is CC(C)N(C)S(=O)(=O)NCc1ccc(O)cc1. The van der Waals surface area contributed by atoms with Crippen LogP contribution in [0.1, 0.15) is 19.4 Å². The number of rotatable bonds is 5. The highest BCUT2D eigenvalue weighted by atomic mass is 32.2. The Morgan fingerprint density at radius 1 is 1.29 bits per heavy atom. The zero-order valence-corrected chi connectivity index (χ0v) is 11.0. The molecule has 1 rings (SSSR count). The second kappa shape index (κ2) is 5.48. The van der Waals surface area contributed by atoms with Crippen LogP contribution in [-0.4, -0.2) is 30.9 Å². The summed E-state index contributed by atoms with van der Waals surface area (Å²) in [5, 5.41) is 9.10. The predicted octanol–water partition coefficient (Wildman–Crippen LogP) is 1.07. The molecule has 0 radical (unpaired) electrons. The van der Waals surface area contributed by atoms with Crippen molar-refractivity contribution in [3.63, 3.8) is 0 Å². The Balaban J connectivity index is 2.64. The first-order valence-electron chi connectivity index (χ1n) is 5.33. The molecule has 17 heavy (non-hydrogen) atoms. The van der Waals surface area contributed by atoms with Crippen molar-refractivity contribution >= 4 is 10.2 Å². The van der Waals surface area contributed by atoms with Crippen LogP contribution < -0.4 is 4.72 Å². The van der Waals surface area contributed by atoms with Gasteiger partial charge in [-0.25, -0.2) is 0 Å². The van der Waals surface area contributed by atoms with E-state index in [0.29, 0.717) is 0 Å². The third-order valence-corrected chi connectivity index (χ3v) is 4.19. The van der Waals surface area contributed by atoms with E-state index in [-0.39, 0.29) is 18.3 Å². The first-order valence-corrected chi connectivity index (χ1v) is 6.77. The van der Waals surface area contributed by atoms with Crippen molar-refractivity contribution in [3.8, 4) is 5.75 Å². The van der Waals surface area contributed by atoms with Crippen LogP contribution in [0.2, 0.25) is 0 Å². The minimum atomic E-state index is -3.45. The van der Waals surface area contributed by atoms with E-state index in [0.717, 1.165) is 5.56 Å². The predicted molar refractivity (Wildman–Crippen MR) is 66.8 cm³/mol. The number of benzene rings is 1. The van der Waals surface area contributed by atoms with Crippen LogP contribution in [0, 0.1) is 0 Å². The highest BCUT2D eigenvalue weighted by molar-refractivity contribution is 7.87. The van der Waals surface area contributed by atoms with Crippen LogP contribution in [0.3, 0.4) is 0 Å². The molecule has 2 N–H and O–H groups in total. The van der Waals surface area contributed by atoms with Crippen LogP contribution in [0.5, 0.6) is 5.75 Å². The molecule has 0 spiro atoms. The van der Waals surface area contributed by atoms with E-state index in [1.807, 2.05) is 0 Å². The van der Waals surface area contributed by atoms with Gasteiger partial charge in [0.1, 0.15) is 5.75 Å². The van der Waals surface area contributed by atoms with Gasteiger partial charge in [0.15, 0.2) is 0 Å². The molecule has 0 aromatic heterocycles. The fourth-order valence-corrected chi connectivity index (χ4v) is 2.28. The minimum Gasteiger partial charge on any atom is -0.508 e. The molecule has 0 fully saturated rings. The number of hydrogen-bond donors (Lipinski definition) is 2. The molecule has 0 saturated carbocycles. The van der Waals surface area contributed by atoms with Gasteiger partial charge in [-0.2, -0.15) is 17.4 Å². The van der Waals surface area contributed by atoms with Crippen LogP contribution in [0.4, 0.5) is 0 Å². The lowest BCUT2D eigenvalue weighted by molar-refractivity contribution is 0.402. The number of aromatic hydroxyl groups is 1. The lowest BCUT2D eigenvalue weighted by Crippen LogP contribution is -2.41. The molecule has 0 saturated heterocycles.